The molecule has 6 heteroatoms. The SMILES string of the molecule is CC1CCN(C(CNC(=O)COc2cccc(F)c2)c2cccs2)CC1. The number of halogens is 1. The Balaban J connectivity index is 1.53. The van der Waals surface area contributed by atoms with Crippen molar-refractivity contribution in [3.63, 3.8) is 0 Å². The van der Waals surface area contributed by atoms with Crippen molar-refractivity contribution in [3.8, 4) is 5.75 Å². The van der Waals surface area contributed by atoms with Crippen LogP contribution in [0.25, 0.3) is 0 Å². The lowest BCUT2D eigenvalue weighted by atomic mass is 9.97. The summed E-state index contributed by atoms with van der Waals surface area (Å²) in [5.41, 5.74) is 0. The molecule has 0 spiro atoms. The van der Waals surface area contributed by atoms with Gasteiger partial charge >= 0.3 is 0 Å². The van der Waals surface area contributed by atoms with E-state index in [2.05, 4.69) is 34.7 Å². The first-order valence-electron chi connectivity index (χ1n) is 9.04. The number of nitrogens with zero attached hydrogens (tertiary/aromatic N) is 1. The maximum Gasteiger partial charge on any atom is 0.258 e. The Morgan fingerprint density at radius 1 is 1.35 bits per heavy atom. The van der Waals surface area contributed by atoms with E-state index in [4.69, 9.17) is 4.74 Å². The molecule has 1 fully saturated rings. The van der Waals surface area contributed by atoms with Gasteiger partial charge in [0.25, 0.3) is 5.91 Å². The number of thiophene rings is 1. The van der Waals surface area contributed by atoms with Crippen molar-refractivity contribution < 1.29 is 13.9 Å². The summed E-state index contributed by atoms with van der Waals surface area (Å²) in [4.78, 5) is 15.9. The second-order valence-electron chi connectivity index (χ2n) is 6.80. The third kappa shape index (κ3) is 5.29. The lowest BCUT2D eigenvalue weighted by Gasteiger charge is -2.36. The molecule has 26 heavy (non-hydrogen) atoms. The normalized spacial score (nSPS) is 17.0. The Morgan fingerprint density at radius 3 is 2.85 bits per heavy atom. The number of hydrogen-bond acceptors (Lipinski definition) is 4. The molecule has 140 valence electrons. The zero-order valence-electron chi connectivity index (χ0n) is 15.0. The largest absolute Gasteiger partial charge is 0.484 e. The van der Waals surface area contributed by atoms with E-state index in [-0.39, 0.29) is 24.4 Å². The smallest absolute Gasteiger partial charge is 0.258 e. The summed E-state index contributed by atoms with van der Waals surface area (Å²) in [6.07, 6.45) is 2.39. The van der Waals surface area contributed by atoms with Gasteiger partial charge in [0.05, 0.1) is 6.04 Å². The molecule has 0 aliphatic carbocycles. The highest BCUT2D eigenvalue weighted by Crippen LogP contribution is 2.29. The van der Waals surface area contributed by atoms with E-state index >= 15 is 0 Å². The first-order valence-corrected chi connectivity index (χ1v) is 9.92. The summed E-state index contributed by atoms with van der Waals surface area (Å²) < 4.78 is 18.5. The van der Waals surface area contributed by atoms with Gasteiger partial charge in [-0.25, -0.2) is 4.39 Å². The van der Waals surface area contributed by atoms with Gasteiger partial charge in [0.2, 0.25) is 0 Å². The molecule has 1 atom stereocenters. The van der Waals surface area contributed by atoms with Crippen LogP contribution in [0, 0.1) is 11.7 Å². The molecular formula is C20H25FN2O2S. The minimum absolute atomic E-state index is 0.113. The lowest BCUT2D eigenvalue weighted by molar-refractivity contribution is -0.123. The Hall–Kier alpha value is -1.92. The molecule has 1 unspecified atom stereocenters. The molecule has 1 N–H and O–H groups in total. The molecule has 1 aromatic heterocycles. The Morgan fingerprint density at radius 2 is 2.15 bits per heavy atom. The van der Waals surface area contributed by atoms with Gasteiger partial charge in [0, 0.05) is 17.5 Å². The van der Waals surface area contributed by atoms with E-state index in [1.54, 1.807) is 23.5 Å². The molecule has 1 aromatic carbocycles. The monoisotopic (exact) mass is 376 g/mol. The molecule has 2 aromatic rings. The van der Waals surface area contributed by atoms with Gasteiger partial charge < -0.3 is 10.1 Å². The van der Waals surface area contributed by atoms with Crippen LogP contribution in [-0.2, 0) is 4.79 Å². The number of benzene rings is 1. The quantitative estimate of drug-likeness (QED) is 0.798. The zero-order chi connectivity index (χ0) is 18.4. The second-order valence-corrected chi connectivity index (χ2v) is 7.78. The highest BCUT2D eigenvalue weighted by molar-refractivity contribution is 7.10. The number of carbonyl (C=O) groups excluding carboxylic acids is 1. The highest BCUT2D eigenvalue weighted by Gasteiger charge is 2.25. The van der Waals surface area contributed by atoms with Gasteiger partial charge in [-0.1, -0.05) is 19.1 Å². The third-order valence-electron chi connectivity index (χ3n) is 4.79. The summed E-state index contributed by atoms with van der Waals surface area (Å²) in [6, 6.07) is 10.2. The molecule has 0 radical (unpaired) electrons. The van der Waals surface area contributed by atoms with Crippen molar-refractivity contribution in [3.05, 3.63) is 52.5 Å². The van der Waals surface area contributed by atoms with Gasteiger partial charge in [-0.2, -0.15) is 0 Å². The molecule has 0 saturated carbocycles. The van der Waals surface area contributed by atoms with Gasteiger partial charge in [-0.3, -0.25) is 9.69 Å². The van der Waals surface area contributed by atoms with Crippen LogP contribution in [0.2, 0.25) is 0 Å². The Kier molecular flexibility index (Phi) is 6.63. The summed E-state index contributed by atoms with van der Waals surface area (Å²) in [5.74, 6) is 0.561. The van der Waals surface area contributed by atoms with E-state index in [0.29, 0.717) is 12.3 Å². The average molecular weight is 376 g/mol. The van der Waals surface area contributed by atoms with E-state index in [9.17, 15) is 9.18 Å². The predicted octanol–water partition coefficient (Wildman–Crippen LogP) is 3.86. The Labute approximate surface area is 158 Å². The summed E-state index contributed by atoms with van der Waals surface area (Å²) in [7, 11) is 0. The first kappa shape index (κ1) is 18.9. The fourth-order valence-electron chi connectivity index (χ4n) is 3.20. The topological polar surface area (TPSA) is 41.6 Å². The summed E-state index contributed by atoms with van der Waals surface area (Å²) >= 11 is 1.72. The second kappa shape index (κ2) is 9.14. The maximum absolute atomic E-state index is 13.2. The van der Waals surface area contributed by atoms with E-state index in [1.807, 2.05) is 0 Å². The average Bonchev–Trinajstić information content (AvgIpc) is 3.16. The van der Waals surface area contributed by atoms with Crippen LogP contribution in [-0.4, -0.2) is 37.0 Å². The van der Waals surface area contributed by atoms with E-state index < -0.39 is 0 Å². The van der Waals surface area contributed by atoms with Crippen LogP contribution >= 0.6 is 11.3 Å². The van der Waals surface area contributed by atoms with Crippen molar-refractivity contribution in [2.45, 2.75) is 25.8 Å². The van der Waals surface area contributed by atoms with E-state index in [0.717, 1.165) is 19.0 Å². The van der Waals surface area contributed by atoms with Crippen LogP contribution in [0.5, 0.6) is 5.75 Å². The summed E-state index contributed by atoms with van der Waals surface area (Å²) in [5, 5.41) is 5.04. The fourth-order valence-corrected chi connectivity index (χ4v) is 4.06. The number of hydrogen-bond donors (Lipinski definition) is 1. The molecule has 4 nitrogen and oxygen atoms in total. The minimum atomic E-state index is -0.375. The number of carbonyl (C=O) groups is 1. The molecular weight excluding hydrogens is 351 g/mol. The van der Waals surface area contributed by atoms with Gasteiger partial charge in [-0.05, 0) is 55.4 Å². The van der Waals surface area contributed by atoms with Crippen molar-refractivity contribution >= 4 is 17.2 Å². The molecule has 1 amide bonds. The number of ether oxygens (including phenoxy) is 1. The van der Waals surface area contributed by atoms with Gasteiger partial charge in [0.15, 0.2) is 6.61 Å². The third-order valence-corrected chi connectivity index (χ3v) is 5.76. The standard InChI is InChI=1S/C20H25FN2O2S/c1-15-7-9-23(10-8-15)18(19-6-3-11-26-19)13-22-20(24)14-25-17-5-2-4-16(21)12-17/h2-6,11-12,15,18H,7-10,13-14H2,1H3,(H,22,24). The van der Waals surface area contributed by atoms with Crippen molar-refractivity contribution in [1.29, 1.82) is 0 Å². The molecule has 1 aliphatic rings. The van der Waals surface area contributed by atoms with Crippen LogP contribution < -0.4 is 10.1 Å². The Bertz CT molecular complexity index is 700. The van der Waals surface area contributed by atoms with Gasteiger partial charge in [-0.15, -0.1) is 11.3 Å². The number of rotatable bonds is 7. The fraction of sp³-hybridized carbons (Fsp3) is 0.450. The number of likely N-dealkylation sites (tertiary alicyclic amines) is 1. The molecule has 0 bridgehead atoms. The number of amides is 1. The predicted molar refractivity (Wildman–Crippen MR) is 102 cm³/mol. The van der Waals surface area contributed by atoms with Gasteiger partial charge in [0.1, 0.15) is 11.6 Å². The summed E-state index contributed by atoms with van der Waals surface area (Å²) in [6.45, 7) is 4.85. The van der Waals surface area contributed by atoms with E-state index in [1.165, 1.54) is 29.9 Å². The van der Waals surface area contributed by atoms with Crippen LogP contribution in [0.3, 0.4) is 0 Å². The number of piperidine rings is 1. The number of nitrogens with one attached hydrogen (secondary N) is 1. The van der Waals surface area contributed by atoms with Crippen molar-refractivity contribution in [1.82, 2.24) is 10.2 Å². The molecule has 2 heterocycles. The maximum atomic E-state index is 13.2. The molecule has 1 saturated heterocycles. The molecule has 1 aliphatic heterocycles. The van der Waals surface area contributed by atoms with Crippen molar-refractivity contribution in [2.24, 2.45) is 5.92 Å². The van der Waals surface area contributed by atoms with Crippen molar-refractivity contribution in [2.75, 3.05) is 26.2 Å². The van der Waals surface area contributed by atoms with Crippen LogP contribution in [0.4, 0.5) is 4.39 Å². The first-order chi connectivity index (χ1) is 12.6. The minimum Gasteiger partial charge on any atom is -0.484 e. The zero-order valence-corrected chi connectivity index (χ0v) is 15.8. The molecule has 3 rings (SSSR count). The lowest BCUT2D eigenvalue weighted by Crippen LogP contribution is -2.42. The highest BCUT2D eigenvalue weighted by atomic mass is 32.1. The van der Waals surface area contributed by atoms with Crippen LogP contribution in [0.15, 0.2) is 41.8 Å². The van der Waals surface area contributed by atoms with Crippen LogP contribution in [0.1, 0.15) is 30.7 Å².